The molecule has 1 aromatic carbocycles. The van der Waals surface area contributed by atoms with E-state index in [4.69, 9.17) is 0 Å². The number of sulfonamides is 1. The van der Waals surface area contributed by atoms with Crippen LogP contribution in [0.2, 0.25) is 0 Å². The second kappa shape index (κ2) is 6.85. The van der Waals surface area contributed by atoms with Gasteiger partial charge in [-0.25, -0.2) is 12.8 Å². The van der Waals surface area contributed by atoms with Gasteiger partial charge in [0.1, 0.15) is 5.82 Å². The first kappa shape index (κ1) is 18.1. The third-order valence-corrected chi connectivity index (χ3v) is 5.81. The first-order chi connectivity index (χ1) is 9.62. The first-order valence-corrected chi connectivity index (χ1v) is 8.48. The minimum Gasteiger partial charge on any atom is -0.316 e. The highest BCUT2D eigenvalue weighted by molar-refractivity contribution is 7.89. The van der Waals surface area contributed by atoms with Crippen molar-refractivity contribution in [1.29, 1.82) is 0 Å². The van der Waals surface area contributed by atoms with E-state index < -0.39 is 10.0 Å². The van der Waals surface area contributed by atoms with E-state index in [-0.39, 0.29) is 22.7 Å². The molecule has 4 nitrogen and oxygen atoms in total. The zero-order valence-corrected chi connectivity index (χ0v) is 14.4. The van der Waals surface area contributed by atoms with Gasteiger partial charge in [0.25, 0.3) is 0 Å². The Bertz CT molecular complexity index is 600. The van der Waals surface area contributed by atoms with Crippen LogP contribution in [-0.2, 0) is 16.6 Å². The van der Waals surface area contributed by atoms with Gasteiger partial charge in [-0.2, -0.15) is 4.31 Å². The highest BCUT2D eigenvalue weighted by Crippen LogP contribution is 2.24. The number of hydrogen-bond donors (Lipinski definition) is 1. The zero-order chi connectivity index (χ0) is 16.4. The van der Waals surface area contributed by atoms with Crippen LogP contribution in [0.5, 0.6) is 0 Å². The summed E-state index contributed by atoms with van der Waals surface area (Å²) in [7, 11) is -0.361. The molecule has 0 fully saturated rings. The second-order valence-corrected chi connectivity index (χ2v) is 7.75. The van der Waals surface area contributed by atoms with Crippen molar-refractivity contribution in [1.82, 2.24) is 9.62 Å². The molecule has 1 rings (SSSR count). The quantitative estimate of drug-likeness (QED) is 0.877. The fourth-order valence-electron chi connectivity index (χ4n) is 2.08. The molecular formula is C15H25FN2O2S. The lowest BCUT2D eigenvalue weighted by molar-refractivity contribution is 0.315. The molecule has 0 amide bonds. The molecule has 0 aliphatic carbocycles. The lowest BCUT2D eigenvalue weighted by atomic mass is 10.1. The van der Waals surface area contributed by atoms with Crippen molar-refractivity contribution in [3.8, 4) is 0 Å². The third kappa shape index (κ3) is 3.81. The predicted molar refractivity (Wildman–Crippen MR) is 83.1 cm³/mol. The molecule has 0 heterocycles. The van der Waals surface area contributed by atoms with Crippen molar-refractivity contribution in [3.63, 3.8) is 0 Å². The van der Waals surface area contributed by atoms with Gasteiger partial charge >= 0.3 is 0 Å². The van der Waals surface area contributed by atoms with Crippen LogP contribution < -0.4 is 5.32 Å². The number of hydrogen-bond acceptors (Lipinski definition) is 3. The molecule has 1 N–H and O–H groups in total. The van der Waals surface area contributed by atoms with Crippen LogP contribution in [0, 0.1) is 18.7 Å². The summed E-state index contributed by atoms with van der Waals surface area (Å²) in [6.45, 7) is 7.68. The van der Waals surface area contributed by atoms with E-state index in [2.05, 4.69) is 5.32 Å². The van der Waals surface area contributed by atoms with E-state index in [1.54, 1.807) is 21.0 Å². The zero-order valence-electron chi connectivity index (χ0n) is 13.6. The fourth-order valence-corrected chi connectivity index (χ4v) is 3.71. The van der Waals surface area contributed by atoms with E-state index in [1.807, 2.05) is 20.8 Å². The molecule has 0 radical (unpaired) electrons. The molecule has 0 bridgehead atoms. The maximum absolute atomic E-state index is 14.0. The van der Waals surface area contributed by atoms with Crippen molar-refractivity contribution in [3.05, 3.63) is 29.1 Å². The number of aryl methyl sites for hydroxylation is 1. The normalized spacial score (nSPS) is 14.0. The van der Waals surface area contributed by atoms with Gasteiger partial charge in [-0.15, -0.1) is 0 Å². The highest BCUT2D eigenvalue weighted by Gasteiger charge is 2.28. The third-order valence-electron chi connectivity index (χ3n) is 3.89. The summed E-state index contributed by atoms with van der Waals surface area (Å²) >= 11 is 0. The Morgan fingerprint density at radius 1 is 1.29 bits per heavy atom. The summed E-state index contributed by atoms with van der Waals surface area (Å²) in [5.74, 6) is -0.161. The molecule has 1 unspecified atom stereocenters. The largest absolute Gasteiger partial charge is 0.316 e. The highest BCUT2D eigenvalue weighted by atomic mass is 32.2. The van der Waals surface area contributed by atoms with Gasteiger partial charge in [0.15, 0.2) is 0 Å². The molecule has 0 aromatic heterocycles. The minimum atomic E-state index is -3.62. The lowest BCUT2D eigenvalue weighted by Gasteiger charge is -2.27. The van der Waals surface area contributed by atoms with Gasteiger partial charge < -0.3 is 5.32 Å². The summed E-state index contributed by atoms with van der Waals surface area (Å²) in [4.78, 5) is 0.140. The molecule has 0 spiro atoms. The summed E-state index contributed by atoms with van der Waals surface area (Å²) in [5, 5.41) is 2.85. The van der Waals surface area contributed by atoms with Gasteiger partial charge in [-0.1, -0.05) is 13.8 Å². The number of halogens is 1. The number of rotatable bonds is 6. The Hall–Kier alpha value is -0.980. The molecule has 0 saturated carbocycles. The van der Waals surface area contributed by atoms with Crippen molar-refractivity contribution in [2.75, 3.05) is 14.1 Å². The molecule has 0 saturated heterocycles. The van der Waals surface area contributed by atoms with E-state index in [0.717, 1.165) is 0 Å². The van der Waals surface area contributed by atoms with Gasteiger partial charge in [0.2, 0.25) is 10.0 Å². The van der Waals surface area contributed by atoms with E-state index in [9.17, 15) is 12.8 Å². The maximum Gasteiger partial charge on any atom is 0.243 e. The van der Waals surface area contributed by atoms with E-state index >= 15 is 0 Å². The fraction of sp³-hybridized carbons (Fsp3) is 0.600. The van der Waals surface area contributed by atoms with Crippen LogP contribution in [0.4, 0.5) is 4.39 Å². The molecular weight excluding hydrogens is 291 g/mol. The Labute approximate surface area is 127 Å². The van der Waals surface area contributed by atoms with Gasteiger partial charge in [-0.05, 0) is 44.5 Å². The van der Waals surface area contributed by atoms with Crippen molar-refractivity contribution >= 4 is 10.0 Å². The first-order valence-electron chi connectivity index (χ1n) is 7.04. The number of benzene rings is 1. The van der Waals surface area contributed by atoms with Gasteiger partial charge in [0, 0.05) is 25.2 Å². The second-order valence-electron chi connectivity index (χ2n) is 5.75. The molecule has 21 heavy (non-hydrogen) atoms. The average Bonchev–Trinajstić information content (AvgIpc) is 2.41. The monoisotopic (exact) mass is 316 g/mol. The predicted octanol–water partition coefficient (Wildman–Crippen LogP) is 2.52. The van der Waals surface area contributed by atoms with Crippen LogP contribution in [0.25, 0.3) is 0 Å². The van der Waals surface area contributed by atoms with Crippen molar-refractivity contribution < 1.29 is 12.8 Å². The Morgan fingerprint density at radius 3 is 2.33 bits per heavy atom. The van der Waals surface area contributed by atoms with Crippen LogP contribution in [0.1, 0.15) is 31.9 Å². The van der Waals surface area contributed by atoms with Crippen LogP contribution in [-0.4, -0.2) is 32.9 Å². The van der Waals surface area contributed by atoms with Crippen LogP contribution in [0.3, 0.4) is 0 Å². The summed E-state index contributed by atoms with van der Waals surface area (Å²) in [6.07, 6.45) is 0. The average molecular weight is 316 g/mol. The summed E-state index contributed by atoms with van der Waals surface area (Å²) < 4.78 is 40.7. The van der Waals surface area contributed by atoms with E-state index in [0.29, 0.717) is 17.7 Å². The summed E-state index contributed by atoms with van der Waals surface area (Å²) in [6, 6.07) is 2.68. The molecule has 120 valence electrons. The Balaban J connectivity index is 3.32. The van der Waals surface area contributed by atoms with Crippen LogP contribution >= 0.6 is 0 Å². The standard InChI is InChI=1S/C15H25FN2O2S/c1-10(2)12(4)18(6)21(19,20)14-7-11(3)15(16)13(8-14)9-17-5/h7-8,10,12,17H,9H2,1-6H3. The topological polar surface area (TPSA) is 49.4 Å². The Kier molecular flexibility index (Phi) is 5.90. The molecule has 0 aliphatic heterocycles. The molecule has 6 heteroatoms. The summed E-state index contributed by atoms with van der Waals surface area (Å²) in [5.41, 5.74) is 0.702. The maximum atomic E-state index is 14.0. The van der Waals surface area contributed by atoms with Crippen LogP contribution in [0.15, 0.2) is 17.0 Å². The van der Waals surface area contributed by atoms with Crippen molar-refractivity contribution in [2.45, 2.75) is 45.2 Å². The lowest BCUT2D eigenvalue weighted by Crippen LogP contribution is -2.38. The van der Waals surface area contributed by atoms with Crippen molar-refractivity contribution in [2.24, 2.45) is 5.92 Å². The molecule has 0 aliphatic rings. The van der Waals surface area contributed by atoms with Gasteiger partial charge in [0.05, 0.1) is 4.90 Å². The molecule has 1 atom stereocenters. The van der Waals surface area contributed by atoms with Gasteiger partial charge in [-0.3, -0.25) is 0 Å². The van der Waals surface area contributed by atoms with E-state index in [1.165, 1.54) is 16.4 Å². The minimum absolute atomic E-state index is 0.131. The number of nitrogens with zero attached hydrogens (tertiary/aromatic N) is 1. The Morgan fingerprint density at radius 2 is 1.86 bits per heavy atom. The molecule has 1 aromatic rings. The SMILES string of the molecule is CNCc1cc(S(=O)(=O)N(C)C(C)C(C)C)cc(C)c1F. The number of nitrogens with one attached hydrogen (secondary N) is 1. The smallest absolute Gasteiger partial charge is 0.243 e.